The number of allylic oxidation sites excluding steroid dienone is 1. The van der Waals surface area contributed by atoms with Crippen LogP contribution in [0.2, 0.25) is 25.7 Å². The fourth-order valence-electron chi connectivity index (χ4n) is 2.94. The van der Waals surface area contributed by atoms with Crippen LogP contribution in [-0.4, -0.2) is 50.4 Å². The minimum absolute atomic E-state index is 0.0658. The van der Waals surface area contributed by atoms with Gasteiger partial charge in [0.2, 0.25) is 0 Å². The monoisotopic (exact) mass is 423 g/mol. The Morgan fingerprint density at radius 2 is 2.00 bits per heavy atom. The second-order valence-electron chi connectivity index (χ2n) is 8.66. The molecule has 0 aromatic rings. The molecule has 0 amide bonds. The molecule has 0 aromatic heterocycles. The lowest BCUT2D eigenvalue weighted by molar-refractivity contribution is -0.0972. The second kappa shape index (κ2) is 8.57. The SMILES string of the molecule is CC(C)CNC1=CC(Cl)=NC2C1C(C(F)(F)F)=CN2COCC[Si](C)(C)C. The smallest absolute Gasteiger partial charge is 0.387 e. The molecule has 4 nitrogen and oxygen atoms in total. The first kappa shape index (κ1) is 22.3. The molecule has 0 fully saturated rings. The topological polar surface area (TPSA) is 36.9 Å². The van der Waals surface area contributed by atoms with Gasteiger partial charge in [-0.1, -0.05) is 45.1 Å². The molecule has 154 valence electrons. The summed E-state index contributed by atoms with van der Waals surface area (Å²) in [6, 6.07) is 0.954. The van der Waals surface area contributed by atoms with Gasteiger partial charge in [0, 0.05) is 33.1 Å². The van der Waals surface area contributed by atoms with Gasteiger partial charge in [-0.25, -0.2) is 4.99 Å². The molecule has 0 radical (unpaired) electrons. The Labute approximate surface area is 165 Å². The minimum atomic E-state index is -4.44. The molecule has 0 bridgehead atoms. The highest BCUT2D eigenvalue weighted by Crippen LogP contribution is 2.44. The first-order valence-corrected chi connectivity index (χ1v) is 13.3. The summed E-state index contributed by atoms with van der Waals surface area (Å²) < 4.78 is 46.6. The van der Waals surface area contributed by atoms with E-state index >= 15 is 0 Å². The predicted octanol–water partition coefficient (Wildman–Crippen LogP) is 4.78. The Hall–Kier alpha value is -0.993. The van der Waals surface area contributed by atoms with E-state index < -0.39 is 31.9 Å². The van der Waals surface area contributed by atoms with Crippen LogP contribution < -0.4 is 5.32 Å². The normalized spacial score (nSPS) is 23.2. The van der Waals surface area contributed by atoms with Gasteiger partial charge in [0.15, 0.2) is 0 Å². The van der Waals surface area contributed by atoms with E-state index in [1.54, 1.807) is 0 Å². The number of fused-ring (bicyclic) bond motifs is 1. The van der Waals surface area contributed by atoms with Crippen molar-refractivity contribution in [3.05, 3.63) is 23.5 Å². The van der Waals surface area contributed by atoms with E-state index in [-0.39, 0.29) is 11.9 Å². The fourth-order valence-corrected chi connectivity index (χ4v) is 3.91. The van der Waals surface area contributed by atoms with E-state index in [1.807, 2.05) is 13.8 Å². The van der Waals surface area contributed by atoms with Crippen LogP contribution in [0.4, 0.5) is 13.2 Å². The Morgan fingerprint density at radius 1 is 1.33 bits per heavy atom. The molecule has 2 aliphatic rings. The lowest BCUT2D eigenvalue weighted by Gasteiger charge is -2.32. The summed E-state index contributed by atoms with van der Waals surface area (Å²) >= 11 is 6.11. The van der Waals surface area contributed by atoms with Crippen LogP contribution in [0.25, 0.3) is 0 Å². The van der Waals surface area contributed by atoms with Gasteiger partial charge in [-0.2, -0.15) is 13.2 Å². The highest BCUT2D eigenvalue weighted by atomic mass is 35.5. The predicted molar refractivity (Wildman–Crippen MR) is 106 cm³/mol. The molecule has 1 N–H and O–H groups in total. The maximum absolute atomic E-state index is 13.7. The molecule has 27 heavy (non-hydrogen) atoms. The minimum Gasteiger partial charge on any atom is -0.387 e. The van der Waals surface area contributed by atoms with Gasteiger partial charge in [0.05, 0.1) is 11.5 Å². The van der Waals surface area contributed by atoms with Gasteiger partial charge in [0.25, 0.3) is 0 Å². The third kappa shape index (κ3) is 6.25. The Bertz CT molecular complexity index is 626. The van der Waals surface area contributed by atoms with Crippen molar-refractivity contribution in [3.63, 3.8) is 0 Å². The van der Waals surface area contributed by atoms with Crippen LogP contribution in [0, 0.1) is 11.8 Å². The average Bonchev–Trinajstić information content (AvgIpc) is 2.87. The third-order valence-electron chi connectivity index (χ3n) is 4.42. The molecule has 2 unspecified atom stereocenters. The van der Waals surface area contributed by atoms with Crippen molar-refractivity contribution in [2.24, 2.45) is 16.8 Å². The van der Waals surface area contributed by atoms with Gasteiger partial charge < -0.3 is 15.0 Å². The van der Waals surface area contributed by atoms with Crippen molar-refractivity contribution in [1.29, 1.82) is 0 Å². The molecule has 2 rings (SSSR count). The zero-order valence-corrected chi connectivity index (χ0v) is 18.3. The van der Waals surface area contributed by atoms with E-state index in [9.17, 15) is 13.2 Å². The largest absolute Gasteiger partial charge is 0.414 e. The molecule has 2 atom stereocenters. The van der Waals surface area contributed by atoms with Gasteiger partial charge in [-0.3, -0.25) is 0 Å². The van der Waals surface area contributed by atoms with Crippen LogP contribution >= 0.6 is 11.6 Å². The number of hydrogen-bond donors (Lipinski definition) is 1. The van der Waals surface area contributed by atoms with Gasteiger partial charge in [-0.15, -0.1) is 0 Å². The van der Waals surface area contributed by atoms with Crippen molar-refractivity contribution in [1.82, 2.24) is 10.2 Å². The highest BCUT2D eigenvalue weighted by Gasteiger charge is 2.50. The first-order valence-electron chi connectivity index (χ1n) is 9.19. The summed E-state index contributed by atoms with van der Waals surface area (Å²) in [5.74, 6) is -0.616. The van der Waals surface area contributed by atoms with E-state index in [0.29, 0.717) is 24.8 Å². The molecule has 2 aliphatic heterocycles. The number of ether oxygens (including phenoxy) is 1. The van der Waals surface area contributed by atoms with Crippen LogP contribution in [0.1, 0.15) is 13.8 Å². The summed E-state index contributed by atoms with van der Waals surface area (Å²) in [5.41, 5.74) is -0.154. The van der Waals surface area contributed by atoms with Crippen LogP contribution in [0.15, 0.2) is 28.5 Å². The highest BCUT2D eigenvalue weighted by molar-refractivity contribution is 6.76. The summed E-state index contributed by atoms with van der Waals surface area (Å²) in [5, 5.41) is 3.33. The number of dihydropyridines is 1. The van der Waals surface area contributed by atoms with Crippen LogP contribution in [0.3, 0.4) is 0 Å². The number of alkyl halides is 3. The summed E-state index contributed by atoms with van der Waals surface area (Å²) in [7, 11) is -1.26. The van der Waals surface area contributed by atoms with Gasteiger partial charge >= 0.3 is 6.18 Å². The van der Waals surface area contributed by atoms with E-state index in [4.69, 9.17) is 16.3 Å². The molecule has 0 saturated heterocycles. The van der Waals surface area contributed by atoms with E-state index in [2.05, 4.69) is 30.0 Å². The first-order chi connectivity index (χ1) is 12.4. The number of hydrogen-bond acceptors (Lipinski definition) is 4. The molecular formula is C18H29ClF3N3OSi. The Kier molecular flexibility index (Phi) is 7.08. The van der Waals surface area contributed by atoms with E-state index in [0.717, 1.165) is 12.2 Å². The maximum Gasteiger partial charge on any atom is 0.414 e. The van der Waals surface area contributed by atoms with Crippen molar-refractivity contribution in [2.45, 2.75) is 51.9 Å². The van der Waals surface area contributed by atoms with Crippen LogP contribution in [-0.2, 0) is 4.74 Å². The maximum atomic E-state index is 13.7. The van der Waals surface area contributed by atoms with Crippen molar-refractivity contribution in [3.8, 4) is 0 Å². The Morgan fingerprint density at radius 3 is 2.56 bits per heavy atom. The molecule has 2 heterocycles. The third-order valence-corrected chi connectivity index (χ3v) is 6.33. The van der Waals surface area contributed by atoms with Crippen LogP contribution in [0.5, 0.6) is 0 Å². The zero-order chi connectivity index (χ0) is 20.4. The number of halogens is 4. The standard InChI is InChI=1S/C18H29ClF3N3OSi/c1-12(2)9-23-14-8-15(19)24-17-16(14)13(18(20,21)22)10-25(17)11-26-6-7-27(3,4)5/h8,10,12,16-17,23H,6-7,9,11H2,1-5H3. The molecule has 0 aliphatic carbocycles. The number of rotatable bonds is 8. The second-order valence-corrected chi connectivity index (χ2v) is 14.7. The summed E-state index contributed by atoms with van der Waals surface area (Å²) in [4.78, 5) is 5.77. The molecule has 0 aromatic carbocycles. The summed E-state index contributed by atoms with van der Waals surface area (Å²) in [6.45, 7) is 11.8. The number of nitrogens with one attached hydrogen (secondary N) is 1. The average molecular weight is 424 g/mol. The molecule has 0 spiro atoms. The van der Waals surface area contributed by atoms with Crippen molar-refractivity contribution >= 4 is 24.8 Å². The lowest BCUT2D eigenvalue weighted by atomic mass is 9.93. The zero-order valence-electron chi connectivity index (χ0n) is 16.5. The Balaban J connectivity index is 2.16. The number of aliphatic imine (C=N–C) groups is 1. The van der Waals surface area contributed by atoms with Gasteiger partial charge in [-0.05, 0) is 18.0 Å². The molecular weight excluding hydrogens is 395 g/mol. The van der Waals surface area contributed by atoms with Crippen molar-refractivity contribution < 1.29 is 17.9 Å². The quantitative estimate of drug-likeness (QED) is 0.450. The van der Waals surface area contributed by atoms with Gasteiger partial charge in [0.1, 0.15) is 18.1 Å². The molecule has 0 saturated carbocycles. The van der Waals surface area contributed by atoms with E-state index in [1.165, 1.54) is 11.0 Å². The molecule has 9 heteroatoms. The van der Waals surface area contributed by atoms with Crippen molar-refractivity contribution in [2.75, 3.05) is 19.9 Å². The lowest BCUT2D eigenvalue weighted by Crippen LogP contribution is -2.40. The number of nitrogens with zero attached hydrogens (tertiary/aromatic N) is 2. The fraction of sp³-hybridized carbons (Fsp3) is 0.722. The summed E-state index contributed by atoms with van der Waals surface area (Å²) in [6.07, 6.45) is -2.54.